The number of fused-ring (bicyclic) bond motifs is 3. The van der Waals surface area contributed by atoms with E-state index in [-0.39, 0.29) is 35.3 Å². The number of phenols is 1. The van der Waals surface area contributed by atoms with Crippen molar-refractivity contribution < 1.29 is 34.5 Å². The third-order valence-electron chi connectivity index (χ3n) is 7.53. The Kier molecular flexibility index (Phi) is 5.31. The van der Waals surface area contributed by atoms with E-state index in [1.807, 2.05) is 0 Å². The lowest BCUT2D eigenvalue weighted by atomic mass is 9.56. The minimum Gasteiger partial charge on any atom is -0.511 e. The lowest BCUT2D eigenvalue weighted by molar-refractivity contribution is -0.127. The first-order valence-corrected chi connectivity index (χ1v) is 11.3. The van der Waals surface area contributed by atoms with Crippen LogP contribution < -0.4 is 11.5 Å². The molecule has 0 aromatic heterocycles. The lowest BCUT2D eigenvalue weighted by Crippen LogP contribution is -2.63. The minimum absolute atomic E-state index is 0.174. The van der Waals surface area contributed by atoms with Gasteiger partial charge in [-0.3, -0.25) is 19.2 Å². The highest BCUT2D eigenvalue weighted by Gasteiger charge is 2.65. The van der Waals surface area contributed by atoms with Crippen molar-refractivity contribution in [1.29, 1.82) is 0 Å². The van der Waals surface area contributed by atoms with Crippen LogP contribution in [0.4, 0.5) is 0 Å². The van der Waals surface area contributed by atoms with E-state index < -0.39 is 74.7 Å². The van der Waals surface area contributed by atoms with Crippen molar-refractivity contribution in [1.82, 2.24) is 0 Å². The molecule has 11 heteroatoms. The van der Waals surface area contributed by atoms with Crippen LogP contribution in [0.5, 0.6) is 5.75 Å². The summed E-state index contributed by atoms with van der Waals surface area (Å²) in [6.07, 6.45) is -0.891. The van der Waals surface area contributed by atoms with Crippen LogP contribution in [0, 0.1) is 10.8 Å². The van der Waals surface area contributed by atoms with Gasteiger partial charge in [-0.2, -0.15) is 0 Å². The van der Waals surface area contributed by atoms with Crippen molar-refractivity contribution >= 4 is 23.3 Å². The first kappa shape index (κ1) is 25.2. The summed E-state index contributed by atoms with van der Waals surface area (Å²) in [5, 5.41) is 35.7. The van der Waals surface area contributed by atoms with Crippen LogP contribution in [0.15, 0.2) is 33.9 Å². The zero-order valence-corrected chi connectivity index (χ0v) is 20.3. The molecule has 1 unspecified atom stereocenters. The predicted molar refractivity (Wildman–Crippen MR) is 127 cm³/mol. The van der Waals surface area contributed by atoms with Gasteiger partial charge < -0.3 is 26.8 Å². The number of amides is 1. The summed E-state index contributed by atoms with van der Waals surface area (Å²) in [6, 6.07) is 1.51. The molecular weight excluding hydrogens is 470 g/mol. The summed E-state index contributed by atoms with van der Waals surface area (Å²) >= 11 is 0. The van der Waals surface area contributed by atoms with E-state index in [4.69, 9.17) is 11.5 Å². The van der Waals surface area contributed by atoms with Gasteiger partial charge in [0.2, 0.25) is 11.3 Å². The lowest BCUT2D eigenvalue weighted by Gasteiger charge is -2.49. The quantitative estimate of drug-likeness (QED) is 0.234. The Bertz CT molecular complexity index is 1370. The Morgan fingerprint density at radius 2 is 1.78 bits per heavy atom. The van der Waals surface area contributed by atoms with E-state index in [1.54, 1.807) is 20.8 Å². The standard InChI is InChI=1S/C25H27N3O8/c1-9(29)11-6-13(23(2,3)4)18(31)15-12(11)8-24(27)7-10-5-14(30)16(22(26)35)20(33)25(10,28-36)21(34)17(24)19(15)32/h6,10,30-31,34H,5,7-8,27H2,1-4H3,(H2,26,35)/t10?,24-,25+/m0/s1. The van der Waals surface area contributed by atoms with Crippen molar-refractivity contribution in [3.05, 3.63) is 55.9 Å². The number of aromatic hydroxyl groups is 1. The number of nitrogens with two attached hydrogens (primary N) is 2. The number of aliphatic hydroxyl groups excluding tert-OH is 2. The highest BCUT2D eigenvalue weighted by Crippen LogP contribution is 2.54. The summed E-state index contributed by atoms with van der Waals surface area (Å²) in [5.41, 5.74) is 5.90. The SMILES string of the molecule is CC(=O)c1cc(C(C)(C)C)c(O)c2c1C[C@@]1(N)CC3CC(O)=C(C(N)=O)C(=O)[C@@]3(N=O)C(O)=C1C2=O. The number of Topliss-reactive ketones (excluding diaryl/α,β-unsaturated/α-hetero) is 3. The van der Waals surface area contributed by atoms with Crippen molar-refractivity contribution in [3.8, 4) is 5.75 Å². The Labute approximate surface area is 205 Å². The van der Waals surface area contributed by atoms with Crippen LogP contribution in [0.2, 0.25) is 0 Å². The molecule has 1 amide bonds. The maximum absolute atomic E-state index is 13.9. The number of primary amides is 1. The van der Waals surface area contributed by atoms with Gasteiger partial charge in [-0.25, -0.2) is 0 Å². The van der Waals surface area contributed by atoms with Crippen molar-refractivity contribution in [3.63, 3.8) is 0 Å². The fourth-order valence-electron chi connectivity index (χ4n) is 5.85. The highest BCUT2D eigenvalue weighted by molar-refractivity contribution is 6.25. The van der Waals surface area contributed by atoms with Crippen LogP contribution in [0.3, 0.4) is 0 Å². The first-order chi connectivity index (χ1) is 16.5. The monoisotopic (exact) mass is 497 g/mol. The molecule has 11 nitrogen and oxygen atoms in total. The van der Waals surface area contributed by atoms with Crippen molar-refractivity contribution in [2.75, 3.05) is 0 Å². The van der Waals surface area contributed by atoms with Crippen LogP contribution in [0.25, 0.3) is 0 Å². The van der Waals surface area contributed by atoms with Crippen LogP contribution >= 0.6 is 0 Å². The third-order valence-corrected chi connectivity index (χ3v) is 7.53. The van der Waals surface area contributed by atoms with Gasteiger partial charge in [-0.1, -0.05) is 20.8 Å². The molecule has 3 aliphatic carbocycles. The molecular formula is C25H27N3O8. The number of hydrogen-bond donors (Lipinski definition) is 5. The number of rotatable bonds is 3. The predicted octanol–water partition coefficient (Wildman–Crippen LogP) is 1.94. The van der Waals surface area contributed by atoms with Gasteiger partial charge in [0, 0.05) is 23.5 Å². The Balaban J connectivity index is 2.07. The number of ketones is 3. The number of nitrogens with zero attached hydrogens (tertiary/aromatic N) is 1. The largest absolute Gasteiger partial charge is 0.511 e. The number of nitroso groups, excluding NO2 is 1. The number of aliphatic hydroxyl groups is 2. The molecule has 0 fully saturated rings. The molecule has 4 rings (SSSR count). The summed E-state index contributed by atoms with van der Waals surface area (Å²) in [7, 11) is 0. The average molecular weight is 498 g/mol. The van der Waals surface area contributed by atoms with Gasteiger partial charge in [0.05, 0.1) is 16.7 Å². The molecule has 0 aliphatic heterocycles. The molecule has 190 valence electrons. The summed E-state index contributed by atoms with van der Waals surface area (Å²) in [6.45, 7) is 6.64. The van der Waals surface area contributed by atoms with Crippen LogP contribution in [0.1, 0.15) is 72.4 Å². The topological polar surface area (TPSA) is 210 Å². The molecule has 1 aromatic carbocycles. The smallest absolute Gasteiger partial charge is 0.255 e. The zero-order chi connectivity index (χ0) is 27.1. The van der Waals surface area contributed by atoms with Crippen LogP contribution in [-0.4, -0.2) is 49.7 Å². The molecule has 0 radical (unpaired) electrons. The average Bonchev–Trinajstić information content (AvgIpc) is 2.71. The number of allylic oxidation sites excluding steroid dienone is 1. The normalized spacial score (nSPS) is 27.9. The van der Waals surface area contributed by atoms with Gasteiger partial charge in [0.25, 0.3) is 5.91 Å². The maximum atomic E-state index is 13.9. The molecule has 7 N–H and O–H groups in total. The molecule has 3 aliphatic rings. The number of carbonyl (C=O) groups excluding carboxylic acids is 4. The van der Waals surface area contributed by atoms with E-state index in [2.05, 4.69) is 5.18 Å². The molecule has 0 spiro atoms. The van der Waals surface area contributed by atoms with Gasteiger partial charge in [0.1, 0.15) is 22.8 Å². The van der Waals surface area contributed by atoms with Gasteiger partial charge in [-0.05, 0) is 42.0 Å². The summed E-state index contributed by atoms with van der Waals surface area (Å²) in [4.78, 5) is 63.7. The minimum atomic E-state index is -2.61. The fourth-order valence-corrected chi connectivity index (χ4v) is 5.85. The van der Waals surface area contributed by atoms with Crippen molar-refractivity contribution in [2.45, 2.75) is 63.5 Å². The molecule has 3 atom stereocenters. The zero-order valence-electron chi connectivity index (χ0n) is 20.3. The molecule has 1 aromatic rings. The third kappa shape index (κ3) is 3.08. The van der Waals surface area contributed by atoms with E-state index >= 15 is 0 Å². The molecule has 36 heavy (non-hydrogen) atoms. The second-order valence-corrected chi connectivity index (χ2v) is 10.8. The fraction of sp³-hybridized carbons (Fsp3) is 0.440. The second-order valence-electron chi connectivity index (χ2n) is 10.8. The second kappa shape index (κ2) is 7.57. The van der Waals surface area contributed by atoms with E-state index in [0.29, 0.717) is 5.56 Å². The summed E-state index contributed by atoms with van der Waals surface area (Å²) < 4.78 is 0. The molecule has 0 saturated carbocycles. The Morgan fingerprint density at radius 1 is 1.17 bits per heavy atom. The number of carbonyl (C=O) groups is 4. The van der Waals surface area contributed by atoms with Crippen LogP contribution in [-0.2, 0) is 21.4 Å². The van der Waals surface area contributed by atoms with Gasteiger partial charge >= 0.3 is 0 Å². The molecule has 0 saturated heterocycles. The van der Waals surface area contributed by atoms with Gasteiger partial charge in [0.15, 0.2) is 11.6 Å². The number of phenolic OH excluding ortho intramolecular Hbond substituents is 1. The first-order valence-electron chi connectivity index (χ1n) is 11.3. The molecule has 0 bridgehead atoms. The molecule has 0 heterocycles. The Morgan fingerprint density at radius 3 is 2.28 bits per heavy atom. The van der Waals surface area contributed by atoms with E-state index in [1.165, 1.54) is 13.0 Å². The Hall–Kier alpha value is -3.86. The summed E-state index contributed by atoms with van der Waals surface area (Å²) in [5.74, 6) is -7.31. The van der Waals surface area contributed by atoms with E-state index in [9.17, 15) is 39.4 Å². The number of benzene rings is 1. The van der Waals surface area contributed by atoms with Crippen molar-refractivity contribution in [2.24, 2.45) is 22.6 Å². The maximum Gasteiger partial charge on any atom is 0.255 e. The highest BCUT2D eigenvalue weighted by atomic mass is 16.3. The number of hydrogen-bond acceptors (Lipinski definition) is 10. The van der Waals surface area contributed by atoms with Gasteiger partial charge in [-0.15, -0.1) is 4.91 Å². The van der Waals surface area contributed by atoms with E-state index in [0.717, 1.165) is 0 Å².